The summed E-state index contributed by atoms with van der Waals surface area (Å²) in [5.41, 5.74) is 2.08. The highest BCUT2D eigenvalue weighted by molar-refractivity contribution is 6.38. The lowest BCUT2D eigenvalue weighted by atomic mass is 9.93. The van der Waals surface area contributed by atoms with Gasteiger partial charge in [0, 0.05) is 47.6 Å². The molecule has 0 bridgehead atoms. The fourth-order valence-electron chi connectivity index (χ4n) is 5.82. The zero-order valence-corrected chi connectivity index (χ0v) is 23.5. The van der Waals surface area contributed by atoms with Crippen LogP contribution in [0.3, 0.4) is 0 Å². The number of hydrogen-bond acceptors (Lipinski definition) is 5. The van der Waals surface area contributed by atoms with Crippen LogP contribution >= 0.6 is 0 Å². The fourth-order valence-corrected chi connectivity index (χ4v) is 5.82. The van der Waals surface area contributed by atoms with Crippen molar-refractivity contribution >= 4 is 40.3 Å². The molecule has 1 unspecified atom stereocenters. The second-order valence-electron chi connectivity index (χ2n) is 11.2. The first-order chi connectivity index (χ1) is 20.4. The first kappa shape index (κ1) is 29.0. The van der Waals surface area contributed by atoms with Crippen LogP contribution in [-0.4, -0.2) is 59.1 Å². The van der Waals surface area contributed by atoms with Gasteiger partial charge >= 0.3 is 0 Å². The molecule has 1 aliphatic heterocycles. The molecule has 2 aliphatic rings. The molecule has 2 aromatic carbocycles. The third kappa shape index (κ3) is 7.23. The van der Waals surface area contributed by atoms with Crippen LogP contribution in [0.25, 0.3) is 10.9 Å². The summed E-state index contributed by atoms with van der Waals surface area (Å²) >= 11 is 0. The monoisotopic (exact) mass is 571 g/mol. The molecule has 1 aromatic heterocycles. The van der Waals surface area contributed by atoms with Crippen LogP contribution < -0.4 is 21.3 Å². The SMILES string of the molecule is O=C(NC1CCCCC1)C(=O)C(C[C@@H]1CCNC1=O)NC(=O)[C@H](Cc1ccccc1)NC(=O)c1ccc2[nH]ccc2c1. The summed E-state index contributed by atoms with van der Waals surface area (Å²) in [6, 6.07) is 14.0. The summed E-state index contributed by atoms with van der Waals surface area (Å²) in [7, 11) is 0. The van der Waals surface area contributed by atoms with Crippen molar-refractivity contribution in [1.29, 1.82) is 0 Å². The van der Waals surface area contributed by atoms with Crippen LogP contribution in [0.1, 0.15) is 60.9 Å². The number of hydrogen-bond donors (Lipinski definition) is 5. The van der Waals surface area contributed by atoms with Crippen LogP contribution in [0, 0.1) is 5.92 Å². The zero-order chi connectivity index (χ0) is 29.5. The van der Waals surface area contributed by atoms with Gasteiger partial charge in [-0.15, -0.1) is 0 Å². The molecule has 1 aliphatic carbocycles. The van der Waals surface area contributed by atoms with Crippen LogP contribution in [0.15, 0.2) is 60.8 Å². The molecule has 1 saturated heterocycles. The summed E-state index contributed by atoms with van der Waals surface area (Å²) in [6.45, 7) is 0.477. The highest BCUT2D eigenvalue weighted by Gasteiger charge is 2.36. The van der Waals surface area contributed by atoms with Gasteiger partial charge in [-0.25, -0.2) is 0 Å². The fraction of sp³-hybridized carbons (Fsp3) is 0.406. The van der Waals surface area contributed by atoms with E-state index in [0.717, 1.165) is 48.6 Å². The van der Waals surface area contributed by atoms with E-state index in [1.165, 1.54) is 0 Å². The Balaban J connectivity index is 1.34. The van der Waals surface area contributed by atoms with E-state index in [4.69, 9.17) is 0 Å². The second kappa shape index (κ2) is 13.5. The van der Waals surface area contributed by atoms with Gasteiger partial charge in [-0.1, -0.05) is 49.6 Å². The summed E-state index contributed by atoms with van der Waals surface area (Å²) in [4.78, 5) is 68.9. The van der Waals surface area contributed by atoms with E-state index < -0.39 is 41.5 Å². The second-order valence-corrected chi connectivity index (χ2v) is 11.2. The van der Waals surface area contributed by atoms with Crippen molar-refractivity contribution in [3.8, 4) is 0 Å². The minimum absolute atomic E-state index is 0.00462. The van der Waals surface area contributed by atoms with Crippen LogP contribution in [0.2, 0.25) is 0 Å². The lowest BCUT2D eigenvalue weighted by molar-refractivity contribution is -0.141. The molecule has 4 amide bonds. The van der Waals surface area contributed by atoms with E-state index in [-0.39, 0.29) is 24.8 Å². The number of aromatic nitrogens is 1. The van der Waals surface area contributed by atoms with Crippen molar-refractivity contribution in [1.82, 2.24) is 26.3 Å². The van der Waals surface area contributed by atoms with E-state index in [1.54, 1.807) is 24.4 Å². The Morgan fingerprint density at radius 1 is 0.881 bits per heavy atom. The average Bonchev–Trinajstić information content (AvgIpc) is 3.65. The number of carbonyl (C=O) groups is 5. The lowest BCUT2D eigenvalue weighted by Gasteiger charge is -2.26. The molecule has 3 atom stereocenters. The molecule has 5 N–H and O–H groups in total. The molecule has 2 heterocycles. The van der Waals surface area contributed by atoms with E-state index >= 15 is 0 Å². The number of amides is 4. The summed E-state index contributed by atoms with van der Waals surface area (Å²) < 4.78 is 0. The normalized spacial score (nSPS) is 18.6. The first-order valence-electron chi connectivity index (χ1n) is 14.7. The third-order valence-corrected chi connectivity index (χ3v) is 8.20. The van der Waals surface area contributed by atoms with Crippen molar-refractivity contribution in [2.24, 2.45) is 5.92 Å². The Morgan fingerprint density at radius 3 is 2.40 bits per heavy atom. The predicted molar refractivity (Wildman–Crippen MR) is 157 cm³/mol. The highest BCUT2D eigenvalue weighted by atomic mass is 16.2. The Bertz CT molecular complexity index is 1450. The Labute approximate surface area is 244 Å². The highest BCUT2D eigenvalue weighted by Crippen LogP contribution is 2.20. The molecule has 0 spiro atoms. The molecule has 2 fully saturated rings. The standard InChI is InChI=1S/C32H37N5O5/c38-28(32(42)35-24-9-5-2-6-10-24)26(19-23-14-16-34-29(23)39)36-31(41)27(17-20-7-3-1-4-8-20)37-30(40)22-11-12-25-21(18-22)13-15-33-25/h1,3-4,7-8,11-13,15,18,23-24,26-27,33H,2,5-6,9-10,14,16-17,19H2,(H,34,39)(H,35,42)(H,36,41)(H,37,40)/t23-,26?,27-/m0/s1. The molecule has 10 nitrogen and oxygen atoms in total. The molecular weight excluding hydrogens is 534 g/mol. The minimum atomic E-state index is -1.21. The maximum atomic E-state index is 13.8. The summed E-state index contributed by atoms with van der Waals surface area (Å²) in [5.74, 6) is -3.29. The van der Waals surface area contributed by atoms with Gasteiger partial charge < -0.3 is 26.3 Å². The maximum Gasteiger partial charge on any atom is 0.289 e. The third-order valence-electron chi connectivity index (χ3n) is 8.20. The van der Waals surface area contributed by atoms with Gasteiger partial charge in [0.05, 0.1) is 6.04 Å². The quantitative estimate of drug-likeness (QED) is 0.224. The molecule has 220 valence electrons. The van der Waals surface area contributed by atoms with Gasteiger partial charge in [-0.05, 0) is 55.5 Å². The molecule has 1 saturated carbocycles. The number of carbonyl (C=O) groups excluding carboxylic acids is 5. The molecule has 3 aromatic rings. The van der Waals surface area contributed by atoms with Crippen molar-refractivity contribution < 1.29 is 24.0 Å². The Morgan fingerprint density at radius 2 is 1.67 bits per heavy atom. The minimum Gasteiger partial charge on any atom is -0.361 e. The average molecular weight is 572 g/mol. The van der Waals surface area contributed by atoms with Gasteiger partial charge in [0.1, 0.15) is 6.04 Å². The number of nitrogens with one attached hydrogen (secondary N) is 5. The molecule has 10 heteroatoms. The number of aromatic amines is 1. The molecular formula is C32H37N5O5. The molecule has 0 radical (unpaired) electrons. The first-order valence-corrected chi connectivity index (χ1v) is 14.7. The van der Waals surface area contributed by atoms with Gasteiger partial charge in [0.2, 0.25) is 17.6 Å². The van der Waals surface area contributed by atoms with E-state index in [9.17, 15) is 24.0 Å². The van der Waals surface area contributed by atoms with Gasteiger partial charge in [0.25, 0.3) is 11.8 Å². The Kier molecular flexibility index (Phi) is 9.31. The van der Waals surface area contributed by atoms with E-state index in [1.807, 2.05) is 36.4 Å². The van der Waals surface area contributed by atoms with Crippen LogP contribution in [0.5, 0.6) is 0 Å². The summed E-state index contributed by atoms with van der Waals surface area (Å²) in [6.07, 6.45) is 7.15. The largest absolute Gasteiger partial charge is 0.361 e. The lowest BCUT2D eigenvalue weighted by Crippen LogP contribution is -2.55. The van der Waals surface area contributed by atoms with Crippen LogP contribution in [0.4, 0.5) is 0 Å². The van der Waals surface area contributed by atoms with E-state index in [2.05, 4.69) is 26.3 Å². The number of ketones is 1. The number of rotatable bonds is 11. The number of fused-ring (bicyclic) bond motifs is 1. The maximum absolute atomic E-state index is 13.8. The predicted octanol–water partition coefficient (Wildman–Crippen LogP) is 2.54. The van der Waals surface area contributed by atoms with Gasteiger partial charge in [-0.2, -0.15) is 0 Å². The van der Waals surface area contributed by atoms with Crippen molar-refractivity contribution in [2.75, 3.05) is 6.54 Å². The topological polar surface area (TPSA) is 149 Å². The number of benzene rings is 2. The number of Topliss-reactive ketones (excluding diaryl/α,β-unsaturated/α-hetero) is 1. The van der Waals surface area contributed by atoms with Crippen LogP contribution in [-0.2, 0) is 25.6 Å². The molecule has 42 heavy (non-hydrogen) atoms. The summed E-state index contributed by atoms with van der Waals surface area (Å²) in [5, 5.41) is 12.0. The van der Waals surface area contributed by atoms with Crippen molar-refractivity contribution in [3.63, 3.8) is 0 Å². The van der Waals surface area contributed by atoms with Crippen molar-refractivity contribution in [3.05, 3.63) is 71.9 Å². The Hall–Kier alpha value is -4.47. The van der Waals surface area contributed by atoms with E-state index in [0.29, 0.717) is 18.5 Å². The smallest absolute Gasteiger partial charge is 0.289 e. The number of H-pyrrole nitrogens is 1. The van der Waals surface area contributed by atoms with Crippen molar-refractivity contribution in [2.45, 2.75) is 69.5 Å². The molecule has 5 rings (SSSR count). The van der Waals surface area contributed by atoms with Gasteiger partial charge in [0.15, 0.2) is 0 Å². The zero-order valence-electron chi connectivity index (χ0n) is 23.5. The van der Waals surface area contributed by atoms with Gasteiger partial charge in [-0.3, -0.25) is 24.0 Å².